The van der Waals surface area contributed by atoms with E-state index in [9.17, 15) is 0 Å². The molecule has 1 aromatic carbocycles. The number of hydrogen-bond donors (Lipinski definition) is 0. The minimum Gasteiger partial charge on any atom is -0.376 e. The molecule has 2 atom stereocenters. The van der Waals surface area contributed by atoms with Crippen LogP contribution in [0.25, 0.3) is 0 Å². The molecular weight excluding hydrogens is 186 g/mol. The molecule has 0 N–H and O–H groups in total. The Labute approximate surface area is 91.9 Å². The molecule has 1 saturated carbocycles. The van der Waals surface area contributed by atoms with Crippen LogP contribution >= 0.6 is 0 Å². The Balaban J connectivity index is 1.65. The number of benzene rings is 1. The lowest BCUT2D eigenvalue weighted by molar-refractivity contribution is 0.105. The average molecular weight is 205 g/mol. The molecule has 0 spiro atoms. The lowest BCUT2D eigenvalue weighted by atomic mass is 10.2. The average Bonchev–Trinajstić information content (AvgIpc) is 2.99. The molecule has 0 aliphatic heterocycles. The summed E-state index contributed by atoms with van der Waals surface area (Å²) in [6.07, 6.45) is 1.29. The highest BCUT2D eigenvalue weighted by Crippen LogP contribution is 2.34. The second-order valence-corrected chi connectivity index (χ2v) is 4.53. The van der Waals surface area contributed by atoms with Gasteiger partial charge in [-0.3, -0.25) is 0 Å². The van der Waals surface area contributed by atoms with Crippen molar-refractivity contribution in [2.45, 2.75) is 19.1 Å². The van der Waals surface area contributed by atoms with Gasteiger partial charge in [0.25, 0.3) is 0 Å². The van der Waals surface area contributed by atoms with Gasteiger partial charge in [-0.1, -0.05) is 30.3 Å². The molecule has 1 fully saturated rings. The van der Waals surface area contributed by atoms with Gasteiger partial charge < -0.3 is 9.64 Å². The van der Waals surface area contributed by atoms with Crippen LogP contribution < -0.4 is 0 Å². The summed E-state index contributed by atoms with van der Waals surface area (Å²) in [5.41, 5.74) is 1.26. The first kappa shape index (κ1) is 10.7. The maximum absolute atomic E-state index is 5.70. The molecule has 0 heterocycles. The van der Waals surface area contributed by atoms with Gasteiger partial charge in [0, 0.05) is 6.04 Å². The summed E-state index contributed by atoms with van der Waals surface area (Å²) in [5.74, 6) is 0.753. The maximum atomic E-state index is 5.70. The standard InChI is InChI=1S/C13H19NO/c1-14(2)13-8-12(13)10-15-9-11-6-4-3-5-7-11/h3-7,12-13H,8-10H2,1-2H3/t12-,13-/m1/s1. The SMILES string of the molecule is CN(C)[C@@H]1C[C@@H]1COCc1ccccc1. The summed E-state index contributed by atoms with van der Waals surface area (Å²) in [6.45, 7) is 1.65. The molecule has 0 bridgehead atoms. The number of hydrogen-bond acceptors (Lipinski definition) is 2. The molecule has 1 aliphatic carbocycles. The monoisotopic (exact) mass is 205 g/mol. The van der Waals surface area contributed by atoms with Gasteiger partial charge >= 0.3 is 0 Å². The normalized spacial score (nSPS) is 24.5. The first-order valence-corrected chi connectivity index (χ1v) is 5.55. The minimum atomic E-state index is 0.748. The highest BCUT2D eigenvalue weighted by molar-refractivity contribution is 5.13. The Morgan fingerprint density at radius 2 is 2.00 bits per heavy atom. The van der Waals surface area contributed by atoms with Gasteiger partial charge in [0.05, 0.1) is 13.2 Å². The molecule has 2 nitrogen and oxygen atoms in total. The van der Waals surface area contributed by atoms with Crippen molar-refractivity contribution in [1.82, 2.24) is 4.90 Å². The summed E-state index contributed by atoms with van der Waals surface area (Å²) in [6, 6.07) is 11.1. The van der Waals surface area contributed by atoms with Gasteiger partial charge in [0.1, 0.15) is 0 Å². The molecule has 0 saturated heterocycles. The number of rotatable bonds is 5. The minimum absolute atomic E-state index is 0.748. The van der Waals surface area contributed by atoms with Crippen LogP contribution in [0.1, 0.15) is 12.0 Å². The Morgan fingerprint density at radius 3 is 2.60 bits per heavy atom. The van der Waals surface area contributed by atoms with E-state index in [4.69, 9.17) is 4.74 Å². The molecule has 0 unspecified atom stereocenters. The van der Waals surface area contributed by atoms with Crippen molar-refractivity contribution in [3.05, 3.63) is 35.9 Å². The van der Waals surface area contributed by atoms with Crippen molar-refractivity contribution in [3.8, 4) is 0 Å². The molecule has 15 heavy (non-hydrogen) atoms. The summed E-state index contributed by atoms with van der Waals surface area (Å²) in [7, 11) is 4.28. The first-order valence-electron chi connectivity index (χ1n) is 5.55. The van der Waals surface area contributed by atoms with E-state index >= 15 is 0 Å². The van der Waals surface area contributed by atoms with Gasteiger partial charge in [-0.25, -0.2) is 0 Å². The third kappa shape index (κ3) is 3.05. The summed E-state index contributed by atoms with van der Waals surface area (Å²) >= 11 is 0. The summed E-state index contributed by atoms with van der Waals surface area (Å²) in [4.78, 5) is 2.29. The van der Waals surface area contributed by atoms with Crippen LogP contribution in [0.2, 0.25) is 0 Å². The van der Waals surface area contributed by atoms with Crippen molar-refractivity contribution >= 4 is 0 Å². The molecule has 2 heteroatoms. The number of nitrogens with zero attached hydrogens (tertiary/aromatic N) is 1. The fourth-order valence-corrected chi connectivity index (χ4v) is 1.95. The van der Waals surface area contributed by atoms with E-state index < -0.39 is 0 Å². The molecule has 0 radical (unpaired) electrons. The molecular formula is C13H19NO. The van der Waals surface area contributed by atoms with Crippen molar-refractivity contribution in [1.29, 1.82) is 0 Å². The highest BCUT2D eigenvalue weighted by Gasteiger charge is 2.38. The van der Waals surface area contributed by atoms with Crippen LogP contribution in [0, 0.1) is 5.92 Å². The summed E-state index contributed by atoms with van der Waals surface area (Å²) < 4.78 is 5.70. The third-order valence-corrected chi connectivity index (χ3v) is 2.99. The van der Waals surface area contributed by atoms with Gasteiger partial charge in [0.15, 0.2) is 0 Å². The molecule has 1 aliphatic rings. The second-order valence-electron chi connectivity index (χ2n) is 4.53. The lowest BCUT2D eigenvalue weighted by Gasteiger charge is -2.09. The van der Waals surface area contributed by atoms with Crippen LogP contribution in [-0.4, -0.2) is 31.6 Å². The first-order chi connectivity index (χ1) is 7.27. The van der Waals surface area contributed by atoms with E-state index in [1.807, 2.05) is 6.07 Å². The third-order valence-electron chi connectivity index (χ3n) is 2.99. The van der Waals surface area contributed by atoms with Crippen molar-refractivity contribution < 1.29 is 4.74 Å². The lowest BCUT2D eigenvalue weighted by Crippen LogP contribution is -2.17. The topological polar surface area (TPSA) is 12.5 Å². The molecule has 2 rings (SSSR count). The second kappa shape index (κ2) is 4.77. The number of ether oxygens (including phenoxy) is 1. The molecule has 82 valence electrons. The highest BCUT2D eigenvalue weighted by atomic mass is 16.5. The zero-order valence-corrected chi connectivity index (χ0v) is 9.52. The molecule has 0 aromatic heterocycles. The van der Waals surface area contributed by atoms with Crippen LogP contribution in [0.4, 0.5) is 0 Å². The Bertz CT molecular complexity index is 297. The van der Waals surface area contributed by atoms with Gasteiger partial charge in [-0.05, 0) is 32.0 Å². The van der Waals surface area contributed by atoms with Crippen molar-refractivity contribution in [2.24, 2.45) is 5.92 Å². The van der Waals surface area contributed by atoms with E-state index in [-0.39, 0.29) is 0 Å². The Kier molecular flexibility index (Phi) is 3.39. The Hall–Kier alpha value is -0.860. The predicted molar refractivity (Wildman–Crippen MR) is 61.7 cm³/mol. The fourth-order valence-electron chi connectivity index (χ4n) is 1.95. The molecule has 1 aromatic rings. The zero-order chi connectivity index (χ0) is 10.7. The van der Waals surface area contributed by atoms with Gasteiger partial charge in [-0.2, -0.15) is 0 Å². The maximum Gasteiger partial charge on any atom is 0.0717 e. The van der Waals surface area contributed by atoms with Gasteiger partial charge in [-0.15, -0.1) is 0 Å². The smallest absolute Gasteiger partial charge is 0.0717 e. The van der Waals surface area contributed by atoms with Crippen molar-refractivity contribution in [2.75, 3.05) is 20.7 Å². The van der Waals surface area contributed by atoms with E-state index in [2.05, 4.69) is 43.3 Å². The van der Waals surface area contributed by atoms with Crippen LogP contribution in [0.15, 0.2) is 30.3 Å². The van der Waals surface area contributed by atoms with E-state index in [1.165, 1.54) is 12.0 Å². The predicted octanol–water partition coefficient (Wildman–Crippen LogP) is 2.15. The Morgan fingerprint density at radius 1 is 1.27 bits per heavy atom. The quantitative estimate of drug-likeness (QED) is 0.730. The van der Waals surface area contributed by atoms with Crippen LogP contribution in [0.3, 0.4) is 0 Å². The van der Waals surface area contributed by atoms with E-state index in [0.717, 1.165) is 25.2 Å². The zero-order valence-electron chi connectivity index (χ0n) is 9.52. The summed E-state index contributed by atoms with van der Waals surface area (Å²) in [5, 5.41) is 0. The van der Waals surface area contributed by atoms with Crippen LogP contribution in [0.5, 0.6) is 0 Å². The van der Waals surface area contributed by atoms with Crippen molar-refractivity contribution in [3.63, 3.8) is 0 Å². The van der Waals surface area contributed by atoms with E-state index in [1.54, 1.807) is 0 Å². The van der Waals surface area contributed by atoms with Crippen LogP contribution in [-0.2, 0) is 11.3 Å². The largest absolute Gasteiger partial charge is 0.376 e. The van der Waals surface area contributed by atoms with E-state index in [0.29, 0.717) is 0 Å². The molecule has 0 amide bonds. The van der Waals surface area contributed by atoms with Gasteiger partial charge in [0.2, 0.25) is 0 Å². The fraction of sp³-hybridized carbons (Fsp3) is 0.538.